The second kappa shape index (κ2) is 13.4. The molecule has 0 radical (unpaired) electrons. The van der Waals surface area contributed by atoms with Crippen molar-refractivity contribution in [3.8, 4) is 5.75 Å². The van der Waals surface area contributed by atoms with Gasteiger partial charge in [0.05, 0.1) is 11.7 Å². The van der Waals surface area contributed by atoms with Gasteiger partial charge in [-0.15, -0.1) is 0 Å². The number of carbonyl (C=O) groups excluding carboxylic acids is 1. The summed E-state index contributed by atoms with van der Waals surface area (Å²) in [6.07, 6.45) is 8.86. The SMILES string of the molecule is CC(C)OC(=O)CCC/C=C\C[C@H]1CCCC1/C=C/[C@@H](O)COc1cccc(C(F)(F)F)c1. The molecule has 184 valence electrons. The molecule has 0 heterocycles. The number of unbranched alkanes of at least 4 members (excludes halogenated alkanes) is 1. The van der Waals surface area contributed by atoms with Crippen LogP contribution in [0.25, 0.3) is 0 Å². The molecule has 0 aromatic heterocycles. The van der Waals surface area contributed by atoms with Crippen LogP contribution in [0.2, 0.25) is 0 Å². The fraction of sp³-hybridized carbons (Fsp3) is 0.577. The lowest BCUT2D eigenvalue weighted by Gasteiger charge is -2.15. The Morgan fingerprint density at radius 1 is 1.24 bits per heavy atom. The summed E-state index contributed by atoms with van der Waals surface area (Å²) >= 11 is 0. The standard InChI is InChI=1S/C26H35F3O4/c1-19(2)33-25(31)14-6-4-3-5-9-20-10-7-11-21(20)15-16-23(30)18-32-24-13-8-12-22(17-24)26(27,28)29/h3,5,8,12-13,15-17,19-21,23,30H,4,6-7,9-11,14,18H2,1-2H3/b5-3-,16-15+/t20-,21?,23+/m0/s1. The molecule has 1 fully saturated rings. The number of benzene rings is 1. The van der Waals surface area contributed by atoms with Gasteiger partial charge in [-0.2, -0.15) is 13.2 Å². The third kappa shape index (κ3) is 10.5. The second-order valence-electron chi connectivity index (χ2n) is 8.78. The molecule has 1 aromatic rings. The number of ether oxygens (including phenoxy) is 2. The van der Waals surface area contributed by atoms with Gasteiger partial charge in [-0.3, -0.25) is 4.79 Å². The van der Waals surface area contributed by atoms with Gasteiger partial charge in [0.15, 0.2) is 0 Å². The highest BCUT2D eigenvalue weighted by Gasteiger charge is 2.30. The van der Waals surface area contributed by atoms with Crippen molar-refractivity contribution in [2.45, 2.75) is 77.2 Å². The predicted octanol–water partition coefficient (Wildman–Crippen LogP) is 6.49. The Balaban J connectivity index is 1.71. The number of halogens is 3. The lowest BCUT2D eigenvalue weighted by molar-refractivity contribution is -0.147. The summed E-state index contributed by atoms with van der Waals surface area (Å²) in [6.45, 7) is 3.58. The molecule has 3 atom stereocenters. The molecule has 0 amide bonds. The number of aliphatic hydroxyl groups excluding tert-OH is 1. The van der Waals surface area contributed by atoms with E-state index in [1.807, 2.05) is 19.9 Å². The van der Waals surface area contributed by atoms with Gasteiger partial charge >= 0.3 is 12.1 Å². The van der Waals surface area contributed by atoms with Crippen molar-refractivity contribution < 1.29 is 32.5 Å². The fourth-order valence-corrected chi connectivity index (χ4v) is 3.96. The minimum atomic E-state index is -4.43. The van der Waals surface area contributed by atoms with Crippen LogP contribution < -0.4 is 4.74 Å². The Kier molecular flexibility index (Phi) is 11.0. The first-order valence-corrected chi connectivity index (χ1v) is 11.7. The van der Waals surface area contributed by atoms with Crippen LogP contribution in [0.4, 0.5) is 13.2 Å². The number of alkyl halides is 3. The first-order chi connectivity index (χ1) is 15.6. The van der Waals surface area contributed by atoms with Gasteiger partial charge in [0.1, 0.15) is 18.5 Å². The summed E-state index contributed by atoms with van der Waals surface area (Å²) in [5.74, 6) is 0.785. The van der Waals surface area contributed by atoms with Crippen molar-refractivity contribution in [2.75, 3.05) is 6.61 Å². The van der Waals surface area contributed by atoms with E-state index in [0.29, 0.717) is 18.3 Å². The molecule has 4 nitrogen and oxygen atoms in total. The van der Waals surface area contributed by atoms with E-state index in [-0.39, 0.29) is 24.4 Å². The number of esters is 1. The number of rotatable bonds is 12. The molecule has 2 rings (SSSR count). The summed E-state index contributed by atoms with van der Waals surface area (Å²) < 4.78 is 48.8. The van der Waals surface area contributed by atoms with Crippen molar-refractivity contribution in [1.29, 1.82) is 0 Å². The highest BCUT2D eigenvalue weighted by atomic mass is 19.4. The van der Waals surface area contributed by atoms with Crippen LogP contribution in [-0.4, -0.2) is 29.9 Å². The van der Waals surface area contributed by atoms with Crippen molar-refractivity contribution in [3.05, 3.63) is 54.1 Å². The van der Waals surface area contributed by atoms with Gasteiger partial charge in [-0.1, -0.05) is 36.8 Å². The summed E-state index contributed by atoms with van der Waals surface area (Å²) in [5, 5.41) is 10.2. The van der Waals surface area contributed by atoms with E-state index >= 15 is 0 Å². The molecule has 0 saturated heterocycles. The average Bonchev–Trinajstić information content (AvgIpc) is 3.19. The van der Waals surface area contributed by atoms with E-state index in [0.717, 1.165) is 50.7 Å². The summed E-state index contributed by atoms with van der Waals surface area (Å²) in [5.41, 5.74) is -0.776. The molecule has 0 spiro atoms. The highest BCUT2D eigenvalue weighted by Crippen LogP contribution is 2.35. The molecular formula is C26H35F3O4. The van der Waals surface area contributed by atoms with E-state index in [9.17, 15) is 23.1 Å². The molecule has 0 aliphatic heterocycles. The first-order valence-electron chi connectivity index (χ1n) is 11.7. The summed E-state index contributed by atoms with van der Waals surface area (Å²) in [7, 11) is 0. The maximum absolute atomic E-state index is 12.8. The Morgan fingerprint density at radius 2 is 2.03 bits per heavy atom. The van der Waals surface area contributed by atoms with Crippen LogP contribution in [0.3, 0.4) is 0 Å². The molecular weight excluding hydrogens is 433 g/mol. The fourth-order valence-electron chi connectivity index (χ4n) is 3.96. The minimum Gasteiger partial charge on any atom is -0.491 e. The number of allylic oxidation sites excluding steroid dienone is 3. The average molecular weight is 469 g/mol. The van der Waals surface area contributed by atoms with Gasteiger partial charge in [0, 0.05) is 6.42 Å². The van der Waals surface area contributed by atoms with Crippen molar-refractivity contribution in [3.63, 3.8) is 0 Å². The van der Waals surface area contributed by atoms with Gasteiger partial charge in [0.25, 0.3) is 0 Å². The van der Waals surface area contributed by atoms with Crippen LogP contribution >= 0.6 is 0 Å². The Morgan fingerprint density at radius 3 is 2.76 bits per heavy atom. The van der Waals surface area contributed by atoms with Gasteiger partial charge in [-0.25, -0.2) is 0 Å². The van der Waals surface area contributed by atoms with Crippen LogP contribution in [0.1, 0.15) is 64.4 Å². The minimum absolute atomic E-state index is 0.0777. The maximum Gasteiger partial charge on any atom is 0.416 e. The van der Waals surface area contributed by atoms with Crippen LogP contribution in [0.15, 0.2) is 48.6 Å². The zero-order valence-corrected chi connectivity index (χ0v) is 19.4. The Labute approximate surface area is 194 Å². The zero-order valence-electron chi connectivity index (χ0n) is 19.4. The normalized spacial score (nSPS) is 20.1. The van der Waals surface area contributed by atoms with E-state index in [1.54, 1.807) is 6.08 Å². The smallest absolute Gasteiger partial charge is 0.416 e. The van der Waals surface area contributed by atoms with E-state index in [1.165, 1.54) is 12.1 Å². The maximum atomic E-state index is 12.8. The molecule has 1 aromatic carbocycles. The molecule has 0 bridgehead atoms. The molecule has 1 aliphatic carbocycles. The zero-order chi connectivity index (χ0) is 24.3. The molecule has 1 unspecified atom stereocenters. The lowest BCUT2D eigenvalue weighted by atomic mass is 9.92. The van der Waals surface area contributed by atoms with Crippen LogP contribution in [-0.2, 0) is 15.7 Å². The third-order valence-electron chi connectivity index (χ3n) is 5.60. The van der Waals surface area contributed by atoms with E-state index < -0.39 is 17.8 Å². The Bertz CT molecular complexity index is 786. The number of aliphatic hydroxyl groups is 1. The van der Waals surface area contributed by atoms with Crippen molar-refractivity contribution >= 4 is 5.97 Å². The lowest BCUT2D eigenvalue weighted by Crippen LogP contribution is -2.16. The van der Waals surface area contributed by atoms with Crippen molar-refractivity contribution in [2.24, 2.45) is 11.8 Å². The molecule has 1 saturated carbocycles. The number of hydrogen-bond donors (Lipinski definition) is 1. The van der Waals surface area contributed by atoms with Crippen LogP contribution in [0, 0.1) is 11.8 Å². The monoisotopic (exact) mass is 468 g/mol. The summed E-state index contributed by atoms with van der Waals surface area (Å²) in [4.78, 5) is 11.5. The largest absolute Gasteiger partial charge is 0.491 e. The first kappa shape index (κ1) is 27.0. The van der Waals surface area contributed by atoms with E-state index in [2.05, 4.69) is 12.2 Å². The number of carbonyl (C=O) groups is 1. The van der Waals surface area contributed by atoms with Gasteiger partial charge in [-0.05, 0) is 76.0 Å². The quantitative estimate of drug-likeness (QED) is 0.217. The van der Waals surface area contributed by atoms with Gasteiger partial charge in [0.2, 0.25) is 0 Å². The Hall–Kier alpha value is -2.28. The number of hydrogen-bond acceptors (Lipinski definition) is 4. The molecule has 7 heteroatoms. The molecule has 33 heavy (non-hydrogen) atoms. The van der Waals surface area contributed by atoms with E-state index in [4.69, 9.17) is 9.47 Å². The van der Waals surface area contributed by atoms with Crippen molar-refractivity contribution in [1.82, 2.24) is 0 Å². The third-order valence-corrected chi connectivity index (χ3v) is 5.60. The topological polar surface area (TPSA) is 55.8 Å². The van der Waals surface area contributed by atoms with Crippen LogP contribution in [0.5, 0.6) is 5.75 Å². The van der Waals surface area contributed by atoms with Gasteiger partial charge < -0.3 is 14.6 Å². The second-order valence-corrected chi connectivity index (χ2v) is 8.78. The molecule has 1 aliphatic rings. The molecule has 1 N–H and O–H groups in total. The predicted molar refractivity (Wildman–Crippen MR) is 122 cm³/mol. The highest BCUT2D eigenvalue weighted by molar-refractivity contribution is 5.69. The summed E-state index contributed by atoms with van der Waals surface area (Å²) in [6, 6.07) is 4.65.